The summed E-state index contributed by atoms with van der Waals surface area (Å²) in [5.74, 6) is -0.0177. The topological polar surface area (TPSA) is 35.2 Å². The fourth-order valence-corrected chi connectivity index (χ4v) is 2.26. The quantitative estimate of drug-likeness (QED) is 0.867. The number of nitrogens with two attached hydrogens (primary N) is 1. The zero-order valence-electron chi connectivity index (χ0n) is 8.96. The Morgan fingerprint density at radius 2 is 2.06 bits per heavy atom. The lowest BCUT2D eigenvalue weighted by Gasteiger charge is -2.28. The first-order valence-electron chi connectivity index (χ1n) is 5.47. The van der Waals surface area contributed by atoms with E-state index >= 15 is 0 Å². The number of benzene rings is 1. The molecule has 2 nitrogen and oxygen atoms in total. The first kappa shape index (κ1) is 11.8. The number of halogens is 2. The second-order valence-corrected chi connectivity index (χ2v) is 4.58. The zero-order valence-corrected chi connectivity index (χ0v) is 9.71. The van der Waals surface area contributed by atoms with Gasteiger partial charge in [-0.1, -0.05) is 17.7 Å². The van der Waals surface area contributed by atoms with Crippen LogP contribution in [0.15, 0.2) is 18.2 Å². The van der Waals surface area contributed by atoms with Crippen molar-refractivity contribution in [2.75, 3.05) is 13.2 Å². The molecule has 0 saturated carbocycles. The second kappa shape index (κ2) is 5.13. The van der Waals surface area contributed by atoms with Gasteiger partial charge >= 0.3 is 0 Å². The SMILES string of the molecule is NC(c1ccc(Cl)cc1F)C1CCOCC1. The van der Waals surface area contributed by atoms with Gasteiger partial charge in [-0.05, 0) is 30.9 Å². The van der Waals surface area contributed by atoms with Crippen molar-refractivity contribution in [2.45, 2.75) is 18.9 Å². The zero-order chi connectivity index (χ0) is 11.5. The van der Waals surface area contributed by atoms with E-state index in [2.05, 4.69) is 0 Å². The third kappa shape index (κ3) is 2.54. The van der Waals surface area contributed by atoms with E-state index in [1.165, 1.54) is 6.07 Å². The van der Waals surface area contributed by atoms with E-state index in [9.17, 15) is 4.39 Å². The number of rotatable bonds is 2. The molecule has 2 rings (SSSR count). The molecule has 1 aromatic carbocycles. The molecule has 0 aliphatic carbocycles. The van der Waals surface area contributed by atoms with Gasteiger partial charge in [0.2, 0.25) is 0 Å². The van der Waals surface area contributed by atoms with E-state index in [0.29, 0.717) is 29.7 Å². The normalized spacial score (nSPS) is 19.7. The maximum absolute atomic E-state index is 13.7. The van der Waals surface area contributed by atoms with E-state index in [4.69, 9.17) is 22.1 Å². The molecule has 1 aliphatic heterocycles. The van der Waals surface area contributed by atoms with Crippen LogP contribution in [-0.4, -0.2) is 13.2 Å². The molecule has 1 aromatic rings. The average Bonchev–Trinajstić information content (AvgIpc) is 2.29. The lowest BCUT2D eigenvalue weighted by atomic mass is 9.87. The standard InChI is InChI=1S/C12H15ClFNO/c13-9-1-2-10(11(14)7-9)12(15)8-3-5-16-6-4-8/h1-2,7-8,12H,3-6,15H2. The van der Waals surface area contributed by atoms with E-state index in [-0.39, 0.29) is 11.9 Å². The molecule has 1 saturated heterocycles. The minimum Gasteiger partial charge on any atom is -0.381 e. The molecule has 0 spiro atoms. The van der Waals surface area contributed by atoms with Crippen LogP contribution in [0.4, 0.5) is 4.39 Å². The summed E-state index contributed by atoms with van der Waals surface area (Å²) in [6, 6.07) is 4.41. The van der Waals surface area contributed by atoms with Crippen LogP contribution in [0, 0.1) is 11.7 Å². The predicted octanol–water partition coefficient (Wildman–Crippen LogP) is 2.91. The molecule has 88 valence electrons. The van der Waals surface area contributed by atoms with Crippen molar-refractivity contribution in [2.24, 2.45) is 11.7 Å². The third-order valence-electron chi connectivity index (χ3n) is 3.10. The molecule has 2 N–H and O–H groups in total. The van der Waals surface area contributed by atoms with Gasteiger partial charge in [-0.3, -0.25) is 0 Å². The second-order valence-electron chi connectivity index (χ2n) is 4.14. The Hall–Kier alpha value is -0.640. The predicted molar refractivity (Wildman–Crippen MR) is 61.9 cm³/mol. The molecule has 0 radical (unpaired) electrons. The van der Waals surface area contributed by atoms with Crippen molar-refractivity contribution in [1.82, 2.24) is 0 Å². The summed E-state index contributed by atoms with van der Waals surface area (Å²) >= 11 is 5.71. The van der Waals surface area contributed by atoms with Gasteiger partial charge in [0.25, 0.3) is 0 Å². The van der Waals surface area contributed by atoms with Crippen molar-refractivity contribution >= 4 is 11.6 Å². The van der Waals surface area contributed by atoms with E-state index < -0.39 is 0 Å². The highest BCUT2D eigenvalue weighted by molar-refractivity contribution is 6.30. The van der Waals surface area contributed by atoms with Gasteiger partial charge in [0.15, 0.2) is 0 Å². The van der Waals surface area contributed by atoms with Gasteiger partial charge in [-0.2, -0.15) is 0 Å². The van der Waals surface area contributed by atoms with Crippen LogP contribution in [0.5, 0.6) is 0 Å². The molecule has 1 fully saturated rings. The van der Waals surface area contributed by atoms with E-state index in [1.807, 2.05) is 0 Å². The molecule has 1 atom stereocenters. The highest BCUT2D eigenvalue weighted by atomic mass is 35.5. The van der Waals surface area contributed by atoms with Crippen molar-refractivity contribution in [3.8, 4) is 0 Å². The van der Waals surface area contributed by atoms with Gasteiger partial charge in [-0.25, -0.2) is 4.39 Å². The molecule has 0 amide bonds. The molecule has 4 heteroatoms. The Morgan fingerprint density at radius 1 is 1.38 bits per heavy atom. The molecule has 1 unspecified atom stereocenters. The van der Waals surface area contributed by atoms with Crippen LogP contribution in [0.2, 0.25) is 5.02 Å². The lowest BCUT2D eigenvalue weighted by molar-refractivity contribution is 0.0580. The largest absolute Gasteiger partial charge is 0.381 e. The van der Waals surface area contributed by atoms with Crippen LogP contribution in [-0.2, 0) is 4.74 Å². The van der Waals surface area contributed by atoms with Crippen molar-refractivity contribution in [3.63, 3.8) is 0 Å². The van der Waals surface area contributed by atoms with Gasteiger partial charge in [0, 0.05) is 29.8 Å². The highest BCUT2D eigenvalue weighted by Crippen LogP contribution is 2.30. The summed E-state index contributed by atoms with van der Waals surface area (Å²) < 4.78 is 18.9. The number of hydrogen-bond donors (Lipinski definition) is 1. The summed E-state index contributed by atoms with van der Waals surface area (Å²) in [6.07, 6.45) is 1.78. The van der Waals surface area contributed by atoms with Crippen molar-refractivity contribution in [1.29, 1.82) is 0 Å². The van der Waals surface area contributed by atoms with Crippen LogP contribution in [0.1, 0.15) is 24.4 Å². The van der Waals surface area contributed by atoms with E-state index in [0.717, 1.165) is 12.8 Å². The summed E-state index contributed by atoms with van der Waals surface area (Å²) in [4.78, 5) is 0. The average molecular weight is 244 g/mol. The molecule has 1 aliphatic rings. The summed E-state index contributed by atoms with van der Waals surface area (Å²) in [6.45, 7) is 1.43. The van der Waals surface area contributed by atoms with Gasteiger partial charge in [0.1, 0.15) is 5.82 Å². The number of ether oxygens (including phenoxy) is 1. The maximum atomic E-state index is 13.7. The Labute approximate surface area is 99.5 Å². The van der Waals surface area contributed by atoms with Crippen molar-refractivity contribution < 1.29 is 9.13 Å². The maximum Gasteiger partial charge on any atom is 0.129 e. The summed E-state index contributed by atoms with van der Waals surface area (Å²) in [5, 5.41) is 0.403. The van der Waals surface area contributed by atoms with Crippen LogP contribution < -0.4 is 5.73 Å². The number of hydrogen-bond acceptors (Lipinski definition) is 2. The first-order chi connectivity index (χ1) is 7.68. The highest BCUT2D eigenvalue weighted by Gasteiger charge is 2.24. The Kier molecular flexibility index (Phi) is 3.79. The van der Waals surface area contributed by atoms with Gasteiger partial charge < -0.3 is 10.5 Å². The summed E-state index contributed by atoms with van der Waals surface area (Å²) in [5.41, 5.74) is 6.63. The van der Waals surface area contributed by atoms with E-state index in [1.54, 1.807) is 12.1 Å². The smallest absolute Gasteiger partial charge is 0.129 e. The lowest BCUT2D eigenvalue weighted by Crippen LogP contribution is -2.28. The first-order valence-corrected chi connectivity index (χ1v) is 5.84. The molecule has 0 bridgehead atoms. The molecule has 0 aromatic heterocycles. The van der Waals surface area contributed by atoms with Crippen LogP contribution in [0.25, 0.3) is 0 Å². The van der Waals surface area contributed by atoms with Crippen LogP contribution in [0.3, 0.4) is 0 Å². The van der Waals surface area contributed by atoms with Gasteiger partial charge in [-0.15, -0.1) is 0 Å². The van der Waals surface area contributed by atoms with Crippen LogP contribution >= 0.6 is 11.6 Å². The molecular formula is C12H15ClFNO. The summed E-state index contributed by atoms with van der Waals surface area (Å²) in [7, 11) is 0. The minimum absolute atomic E-state index is 0.263. The van der Waals surface area contributed by atoms with Crippen molar-refractivity contribution in [3.05, 3.63) is 34.6 Å². The minimum atomic E-state index is -0.313. The van der Waals surface area contributed by atoms with Gasteiger partial charge in [0.05, 0.1) is 0 Å². The monoisotopic (exact) mass is 243 g/mol. The fraction of sp³-hybridized carbons (Fsp3) is 0.500. The molecule has 1 heterocycles. The molecular weight excluding hydrogens is 229 g/mol. The Bertz CT molecular complexity index is 366. The Balaban J connectivity index is 2.15. The molecule has 16 heavy (non-hydrogen) atoms. The third-order valence-corrected chi connectivity index (χ3v) is 3.33. The fourth-order valence-electron chi connectivity index (χ4n) is 2.10. The Morgan fingerprint density at radius 3 is 2.69 bits per heavy atom.